The Kier molecular flexibility index (Phi) is 3.68. The zero-order valence-corrected chi connectivity index (χ0v) is 12.8. The second-order valence-electron chi connectivity index (χ2n) is 6.02. The van der Waals surface area contributed by atoms with Gasteiger partial charge in [-0.1, -0.05) is 6.92 Å². The van der Waals surface area contributed by atoms with Gasteiger partial charge in [0.05, 0.1) is 11.8 Å². The maximum absolute atomic E-state index is 10.7. The summed E-state index contributed by atoms with van der Waals surface area (Å²) < 4.78 is 7.46. The highest BCUT2D eigenvalue weighted by atomic mass is 16.6. The molecule has 2 aromatic heterocycles. The number of aromatic nitrogens is 3. The quantitative estimate of drug-likeness (QED) is 0.764. The van der Waals surface area contributed by atoms with Crippen molar-refractivity contribution in [1.82, 2.24) is 14.5 Å². The second kappa shape index (κ2) is 5.27. The molecule has 0 aliphatic carbocycles. The first-order valence-electron chi connectivity index (χ1n) is 7.40. The number of hydrogen-bond donors (Lipinski definition) is 3. The van der Waals surface area contributed by atoms with Crippen molar-refractivity contribution in [2.24, 2.45) is 0 Å². The highest BCUT2D eigenvalue weighted by molar-refractivity contribution is 5.78. The van der Waals surface area contributed by atoms with Crippen LogP contribution in [0.3, 0.4) is 0 Å². The van der Waals surface area contributed by atoms with E-state index >= 15 is 0 Å². The van der Waals surface area contributed by atoms with Crippen molar-refractivity contribution >= 4 is 11.0 Å². The monoisotopic (exact) mass is 307 g/mol. The molecule has 0 saturated carbocycles. The molecule has 1 aliphatic heterocycles. The van der Waals surface area contributed by atoms with Crippen LogP contribution in [0, 0.1) is 6.92 Å². The molecule has 0 unspecified atom stereocenters. The van der Waals surface area contributed by atoms with E-state index in [9.17, 15) is 15.3 Å². The van der Waals surface area contributed by atoms with Crippen LogP contribution >= 0.6 is 0 Å². The molecule has 1 aliphatic rings. The maximum atomic E-state index is 10.7. The minimum atomic E-state index is -1.54. The number of nitrogens with zero attached hydrogens (tertiary/aromatic N) is 3. The molecule has 5 atom stereocenters. The lowest BCUT2D eigenvalue weighted by Crippen LogP contribution is -2.46. The third kappa shape index (κ3) is 2.13. The van der Waals surface area contributed by atoms with Gasteiger partial charge in [-0.15, -0.1) is 0 Å². The van der Waals surface area contributed by atoms with E-state index < -0.39 is 30.1 Å². The summed E-state index contributed by atoms with van der Waals surface area (Å²) in [6.07, 6.45) is -0.0765. The molecule has 22 heavy (non-hydrogen) atoms. The second-order valence-corrected chi connectivity index (χ2v) is 6.02. The van der Waals surface area contributed by atoms with Gasteiger partial charge in [0, 0.05) is 11.6 Å². The SMILES string of the molecule is CC[C@@H](O)[C@H]1O[C@@H](n2ccc3c(C)ncnc32)[C@](C)(O)[C@@H]1O. The normalized spacial score (nSPS) is 33.5. The summed E-state index contributed by atoms with van der Waals surface area (Å²) in [7, 11) is 0. The number of aliphatic hydroxyl groups excluding tert-OH is 2. The Labute approximate surface area is 128 Å². The predicted octanol–water partition coefficient (Wildman–Crippen LogP) is 0.520. The maximum Gasteiger partial charge on any atom is 0.167 e. The molecule has 0 bridgehead atoms. The summed E-state index contributed by atoms with van der Waals surface area (Å²) in [6.45, 7) is 5.18. The Morgan fingerprint density at radius 2 is 2.18 bits per heavy atom. The Morgan fingerprint density at radius 3 is 2.86 bits per heavy atom. The molecule has 0 aromatic carbocycles. The van der Waals surface area contributed by atoms with Crippen LogP contribution in [-0.2, 0) is 4.74 Å². The molecule has 3 rings (SSSR count). The van der Waals surface area contributed by atoms with Gasteiger partial charge in [-0.2, -0.15) is 0 Å². The molecule has 120 valence electrons. The van der Waals surface area contributed by atoms with Gasteiger partial charge >= 0.3 is 0 Å². The summed E-state index contributed by atoms with van der Waals surface area (Å²) in [5.41, 5.74) is -0.0882. The molecule has 7 heteroatoms. The van der Waals surface area contributed by atoms with Crippen molar-refractivity contribution in [3.8, 4) is 0 Å². The molecular weight excluding hydrogens is 286 g/mol. The molecule has 1 fully saturated rings. The standard InChI is InChI=1S/C15H21N3O4/c1-4-10(19)11-12(20)15(3,21)14(22-11)18-6-5-9-8(2)16-7-17-13(9)18/h5-7,10-12,14,19-21H,4H2,1-3H3/t10-,11-,12-,14-,15-/m1/s1. The summed E-state index contributed by atoms with van der Waals surface area (Å²) in [4.78, 5) is 8.38. The van der Waals surface area contributed by atoms with Gasteiger partial charge in [0.1, 0.15) is 29.8 Å². The zero-order chi connectivity index (χ0) is 16.1. The highest BCUT2D eigenvalue weighted by Gasteiger charge is 2.55. The first-order valence-corrected chi connectivity index (χ1v) is 7.40. The van der Waals surface area contributed by atoms with Gasteiger partial charge in [0.15, 0.2) is 6.23 Å². The summed E-state index contributed by atoms with van der Waals surface area (Å²) in [6, 6.07) is 1.85. The van der Waals surface area contributed by atoms with Gasteiger partial charge in [0.2, 0.25) is 0 Å². The van der Waals surface area contributed by atoms with Gasteiger partial charge in [0.25, 0.3) is 0 Å². The Hall–Kier alpha value is -1.54. The average molecular weight is 307 g/mol. The van der Waals surface area contributed by atoms with Crippen LogP contribution in [0.25, 0.3) is 11.0 Å². The molecule has 0 spiro atoms. The van der Waals surface area contributed by atoms with Gasteiger partial charge in [-0.3, -0.25) is 0 Å². The third-order valence-corrected chi connectivity index (χ3v) is 4.45. The predicted molar refractivity (Wildman–Crippen MR) is 79.1 cm³/mol. The lowest BCUT2D eigenvalue weighted by molar-refractivity contribution is -0.100. The molecule has 1 saturated heterocycles. The minimum absolute atomic E-state index is 0.429. The first kappa shape index (κ1) is 15.4. The Bertz CT molecular complexity index is 684. The molecule has 0 amide bonds. The van der Waals surface area contributed by atoms with Gasteiger partial charge < -0.3 is 24.6 Å². The van der Waals surface area contributed by atoms with Gasteiger partial charge in [-0.05, 0) is 26.3 Å². The van der Waals surface area contributed by atoms with E-state index in [1.807, 2.05) is 13.0 Å². The first-order chi connectivity index (χ1) is 10.4. The molecule has 3 heterocycles. The van der Waals surface area contributed by atoms with Crippen molar-refractivity contribution in [2.75, 3.05) is 0 Å². The zero-order valence-electron chi connectivity index (χ0n) is 12.8. The number of rotatable bonds is 3. The number of fused-ring (bicyclic) bond motifs is 1. The number of ether oxygens (including phenoxy) is 1. The van der Waals surface area contributed by atoms with Gasteiger partial charge in [-0.25, -0.2) is 9.97 Å². The fourth-order valence-corrected chi connectivity index (χ4v) is 3.01. The fourth-order valence-electron chi connectivity index (χ4n) is 3.01. The van der Waals surface area contributed by atoms with Crippen LogP contribution in [0.5, 0.6) is 0 Å². The molecule has 3 N–H and O–H groups in total. The smallest absolute Gasteiger partial charge is 0.167 e. The van der Waals surface area contributed by atoms with E-state index in [1.54, 1.807) is 17.7 Å². The number of aliphatic hydroxyl groups is 3. The van der Waals surface area contributed by atoms with Crippen LogP contribution in [0.4, 0.5) is 0 Å². The summed E-state index contributed by atoms with van der Waals surface area (Å²) in [5.74, 6) is 0. The van der Waals surface area contributed by atoms with E-state index in [2.05, 4.69) is 9.97 Å². The van der Waals surface area contributed by atoms with Crippen molar-refractivity contribution in [1.29, 1.82) is 0 Å². The molecule has 0 radical (unpaired) electrons. The minimum Gasteiger partial charge on any atom is -0.390 e. The van der Waals surface area contributed by atoms with Crippen LogP contribution in [0.2, 0.25) is 0 Å². The van der Waals surface area contributed by atoms with E-state index in [1.165, 1.54) is 13.3 Å². The van der Waals surface area contributed by atoms with Crippen molar-refractivity contribution in [3.63, 3.8) is 0 Å². The topological polar surface area (TPSA) is 101 Å². The van der Waals surface area contributed by atoms with E-state index in [4.69, 9.17) is 4.74 Å². The lowest BCUT2D eigenvalue weighted by Gasteiger charge is -2.27. The Balaban J connectivity index is 2.05. The molecular formula is C15H21N3O4. The summed E-state index contributed by atoms with van der Waals surface area (Å²) in [5, 5.41) is 31.9. The highest BCUT2D eigenvalue weighted by Crippen LogP contribution is 2.41. The molecule has 7 nitrogen and oxygen atoms in total. The van der Waals surface area contributed by atoms with Crippen molar-refractivity contribution < 1.29 is 20.1 Å². The summed E-state index contributed by atoms with van der Waals surface area (Å²) >= 11 is 0. The van der Waals surface area contributed by atoms with E-state index in [0.717, 1.165) is 11.1 Å². The van der Waals surface area contributed by atoms with Crippen LogP contribution in [-0.4, -0.2) is 53.8 Å². The van der Waals surface area contributed by atoms with E-state index in [-0.39, 0.29) is 0 Å². The third-order valence-electron chi connectivity index (χ3n) is 4.45. The lowest BCUT2D eigenvalue weighted by atomic mass is 9.93. The van der Waals surface area contributed by atoms with Crippen LogP contribution in [0.15, 0.2) is 18.6 Å². The van der Waals surface area contributed by atoms with Crippen LogP contribution in [0.1, 0.15) is 32.2 Å². The Morgan fingerprint density at radius 1 is 1.45 bits per heavy atom. The average Bonchev–Trinajstić information content (AvgIpc) is 3.00. The molecule has 2 aromatic rings. The largest absolute Gasteiger partial charge is 0.390 e. The van der Waals surface area contributed by atoms with E-state index in [0.29, 0.717) is 12.1 Å². The van der Waals surface area contributed by atoms with Crippen LogP contribution < -0.4 is 0 Å². The fraction of sp³-hybridized carbons (Fsp3) is 0.600. The number of aryl methyl sites for hydroxylation is 1. The van der Waals surface area contributed by atoms with Crippen molar-refractivity contribution in [3.05, 3.63) is 24.3 Å². The number of hydrogen-bond acceptors (Lipinski definition) is 6. The van der Waals surface area contributed by atoms with Crippen molar-refractivity contribution in [2.45, 2.75) is 57.3 Å².